The van der Waals surface area contributed by atoms with Crippen LogP contribution in [0.4, 0.5) is 0 Å². The van der Waals surface area contributed by atoms with Crippen LogP contribution in [0.1, 0.15) is 46.5 Å². The van der Waals surface area contributed by atoms with Gasteiger partial charge in [-0.3, -0.25) is 4.90 Å². The van der Waals surface area contributed by atoms with Gasteiger partial charge in [0.15, 0.2) is 0 Å². The molecule has 0 aromatic rings. The van der Waals surface area contributed by atoms with E-state index in [2.05, 4.69) is 25.7 Å². The van der Waals surface area contributed by atoms with E-state index < -0.39 is 0 Å². The van der Waals surface area contributed by atoms with E-state index in [0.717, 1.165) is 26.3 Å². The SMILES string of the molecule is CCCC(C)(CCC)CN1CCOCC1. The van der Waals surface area contributed by atoms with Gasteiger partial charge in [0.05, 0.1) is 13.2 Å². The molecule has 0 aromatic heterocycles. The molecule has 2 heteroatoms. The highest BCUT2D eigenvalue weighted by molar-refractivity contribution is 4.79. The molecule has 1 rings (SSSR count). The van der Waals surface area contributed by atoms with E-state index in [1.807, 2.05) is 0 Å². The average molecular weight is 213 g/mol. The number of hydrogen-bond acceptors (Lipinski definition) is 2. The maximum atomic E-state index is 5.39. The summed E-state index contributed by atoms with van der Waals surface area (Å²) in [6, 6.07) is 0. The Bertz CT molecular complexity index is 158. The Morgan fingerprint density at radius 2 is 1.60 bits per heavy atom. The Balaban J connectivity index is 2.40. The van der Waals surface area contributed by atoms with E-state index >= 15 is 0 Å². The molecule has 2 nitrogen and oxygen atoms in total. The Kier molecular flexibility index (Phi) is 5.62. The van der Waals surface area contributed by atoms with Crippen molar-refractivity contribution in [3.63, 3.8) is 0 Å². The maximum absolute atomic E-state index is 5.39. The molecule has 0 aliphatic carbocycles. The highest BCUT2D eigenvalue weighted by Crippen LogP contribution is 2.30. The second kappa shape index (κ2) is 6.49. The summed E-state index contributed by atoms with van der Waals surface area (Å²) < 4.78 is 5.39. The predicted octanol–water partition coefficient (Wildman–Crippen LogP) is 2.93. The lowest BCUT2D eigenvalue weighted by Gasteiger charge is -2.37. The molecule has 0 spiro atoms. The fourth-order valence-electron chi connectivity index (χ4n) is 2.79. The third kappa shape index (κ3) is 4.52. The molecule has 0 aromatic carbocycles. The molecule has 0 saturated carbocycles. The smallest absolute Gasteiger partial charge is 0.0594 e. The quantitative estimate of drug-likeness (QED) is 0.672. The van der Waals surface area contributed by atoms with Crippen LogP contribution in [-0.4, -0.2) is 37.7 Å². The summed E-state index contributed by atoms with van der Waals surface area (Å²) >= 11 is 0. The number of nitrogens with zero attached hydrogens (tertiary/aromatic N) is 1. The molecule has 0 amide bonds. The molecule has 1 fully saturated rings. The van der Waals surface area contributed by atoms with E-state index in [-0.39, 0.29) is 0 Å². The fourth-order valence-corrected chi connectivity index (χ4v) is 2.79. The van der Waals surface area contributed by atoms with Crippen LogP contribution in [0, 0.1) is 5.41 Å². The van der Waals surface area contributed by atoms with Gasteiger partial charge in [0.2, 0.25) is 0 Å². The Hall–Kier alpha value is -0.0800. The first-order valence-electron chi connectivity index (χ1n) is 6.50. The van der Waals surface area contributed by atoms with Crippen LogP contribution in [0.25, 0.3) is 0 Å². The summed E-state index contributed by atoms with van der Waals surface area (Å²) in [6.07, 6.45) is 5.33. The van der Waals surface area contributed by atoms with Crippen LogP contribution < -0.4 is 0 Å². The zero-order valence-corrected chi connectivity index (χ0v) is 10.7. The lowest BCUT2D eigenvalue weighted by atomic mass is 9.80. The third-order valence-electron chi connectivity index (χ3n) is 3.42. The highest BCUT2D eigenvalue weighted by Gasteiger charge is 2.26. The summed E-state index contributed by atoms with van der Waals surface area (Å²) in [5.41, 5.74) is 0.529. The molecule has 15 heavy (non-hydrogen) atoms. The minimum atomic E-state index is 0.529. The summed E-state index contributed by atoms with van der Waals surface area (Å²) in [7, 11) is 0. The van der Waals surface area contributed by atoms with Crippen molar-refractivity contribution in [3.8, 4) is 0 Å². The predicted molar refractivity (Wildman–Crippen MR) is 65.2 cm³/mol. The first-order chi connectivity index (χ1) is 7.20. The van der Waals surface area contributed by atoms with Crippen molar-refractivity contribution in [2.45, 2.75) is 46.5 Å². The lowest BCUT2D eigenvalue weighted by molar-refractivity contribution is 0.0152. The molecule has 1 saturated heterocycles. The van der Waals surface area contributed by atoms with Gasteiger partial charge in [-0.2, -0.15) is 0 Å². The average Bonchev–Trinajstić information content (AvgIpc) is 2.19. The zero-order valence-electron chi connectivity index (χ0n) is 10.7. The summed E-state index contributed by atoms with van der Waals surface area (Å²) in [5.74, 6) is 0. The zero-order chi connectivity index (χ0) is 11.1. The van der Waals surface area contributed by atoms with Crippen molar-refractivity contribution >= 4 is 0 Å². The van der Waals surface area contributed by atoms with Gasteiger partial charge < -0.3 is 4.74 Å². The van der Waals surface area contributed by atoms with Crippen LogP contribution in [0.15, 0.2) is 0 Å². The largest absolute Gasteiger partial charge is 0.379 e. The van der Waals surface area contributed by atoms with Crippen LogP contribution in [0.5, 0.6) is 0 Å². The van der Waals surface area contributed by atoms with Crippen molar-refractivity contribution in [2.75, 3.05) is 32.8 Å². The van der Waals surface area contributed by atoms with Crippen LogP contribution in [-0.2, 0) is 4.74 Å². The van der Waals surface area contributed by atoms with Crippen molar-refractivity contribution in [1.29, 1.82) is 0 Å². The van der Waals surface area contributed by atoms with Gasteiger partial charge >= 0.3 is 0 Å². The molecule has 0 unspecified atom stereocenters. The van der Waals surface area contributed by atoms with Crippen LogP contribution in [0.3, 0.4) is 0 Å². The van der Waals surface area contributed by atoms with Gasteiger partial charge in [0.1, 0.15) is 0 Å². The van der Waals surface area contributed by atoms with Crippen LogP contribution >= 0.6 is 0 Å². The summed E-state index contributed by atoms with van der Waals surface area (Å²) in [4.78, 5) is 2.58. The monoisotopic (exact) mass is 213 g/mol. The first kappa shape index (κ1) is 13.0. The molecule has 90 valence electrons. The summed E-state index contributed by atoms with van der Waals surface area (Å²) in [5, 5.41) is 0. The first-order valence-corrected chi connectivity index (χ1v) is 6.50. The second-order valence-corrected chi connectivity index (χ2v) is 5.20. The normalized spacial score (nSPS) is 19.4. The van der Waals surface area contributed by atoms with Gasteiger partial charge in [-0.25, -0.2) is 0 Å². The van der Waals surface area contributed by atoms with E-state index in [1.54, 1.807) is 0 Å². The van der Waals surface area contributed by atoms with E-state index in [4.69, 9.17) is 4.74 Å². The molecule has 1 aliphatic heterocycles. The van der Waals surface area contributed by atoms with Crippen molar-refractivity contribution in [2.24, 2.45) is 5.41 Å². The van der Waals surface area contributed by atoms with Gasteiger partial charge in [-0.1, -0.05) is 33.6 Å². The van der Waals surface area contributed by atoms with Gasteiger partial charge in [0.25, 0.3) is 0 Å². The number of rotatable bonds is 6. The van der Waals surface area contributed by atoms with Gasteiger partial charge in [-0.05, 0) is 18.3 Å². The maximum Gasteiger partial charge on any atom is 0.0594 e. The molecule has 0 bridgehead atoms. The Morgan fingerprint density at radius 1 is 1.07 bits per heavy atom. The standard InChI is InChI=1S/C13H27NO/c1-4-6-13(3,7-5-2)12-14-8-10-15-11-9-14/h4-12H2,1-3H3. The molecule has 1 heterocycles. The second-order valence-electron chi connectivity index (χ2n) is 5.20. The molecule has 0 atom stereocenters. The fraction of sp³-hybridized carbons (Fsp3) is 1.00. The van der Waals surface area contributed by atoms with Gasteiger partial charge in [0, 0.05) is 19.6 Å². The van der Waals surface area contributed by atoms with Gasteiger partial charge in [-0.15, -0.1) is 0 Å². The summed E-state index contributed by atoms with van der Waals surface area (Å²) in [6.45, 7) is 12.4. The third-order valence-corrected chi connectivity index (χ3v) is 3.42. The Morgan fingerprint density at radius 3 is 2.07 bits per heavy atom. The number of hydrogen-bond donors (Lipinski definition) is 0. The van der Waals surface area contributed by atoms with E-state index in [0.29, 0.717) is 5.41 Å². The van der Waals surface area contributed by atoms with Crippen molar-refractivity contribution in [3.05, 3.63) is 0 Å². The lowest BCUT2D eigenvalue weighted by Crippen LogP contribution is -2.42. The van der Waals surface area contributed by atoms with E-state index in [9.17, 15) is 0 Å². The topological polar surface area (TPSA) is 12.5 Å². The molecule has 1 aliphatic rings. The Labute approximate surface area is 95.0 Å². The van der Waals surface area contributed by atoms with Crippen LogP contribution in [0.2, 0.25) is 0 Å². The van der Waals surface area contributed by atoms with Crippen molar-refractivity contribution < 1.29 is 4.74 Å². The number of morpholine rings is 1. The molecular formula is C13H27NO. The molecular weight excluding hydrogens is 186 g/mol. The highest BCUT2D eigenvalue weighted by atomic mass is 16.5. The van der Waals surface area contributed by atoms with E-state index in [1.165, 1.54) is 32.2 Å². The van der Waals surface area contributed by atoms with Crippen molar-refractivity contribution in [1.82, 2.24) is 4.90 Å². The molecule has 0 N–H and O–H groups in total. The molecule has 0 radical (unpaired) electrons. The minimum absolute atomic E-state index is 0.529. The number of ether oxygens (including phenoxy) is 1. The minimum Gasteiger partial charge on any atom is -0.379 e.